The molecule has 0 bridgehead atoms. The maximum atomic E-state index is 14.4. The maximum Gasteiger partial charge on any atom is 0.264 e. The molecule has 4 aromatic rings. The highest BCUT2D eigenvalue weighted by Gasteiger charge is 2.34. The first-order chi connectivity index (χ1) is 21.0. The van der Waals surface area contributed by atoms with Crippen LogP contribution in [0.3, 0.4) is 0 Å². The van der Waals surface area contributed by atoms with Crippen LogP contribution < -0.4 is 9.62 Å². The summed E-state index contributed by atoms with van der Waals surface area (Å²) in [7, 11) is -4.20. The Morgan fingerprint density at radius 3 is 1.98 bits per heavy atom. The van der Waals surface area contributed by atoms with E-state index in [1.165, 1.54) is 29.2 Å². The van der Waals surface area contributed by atoms with E-state index in [1.807, 2.05) is 44.2 Å². The standard InChI is InChI=1S/C33H32Cl3N3O4S/c1-23(2)37-33(41)31(20-24-9-5-3-6-10-24)38(21-25-13-18-29(35)30(36)19-25)32(40)22-39(27-16-14-26(34)15-17-27)44(42,43)28-11-7-4-8-12-28/h3-19,23,31H,20-22H2,1-2H3,(H,37,41)/t31-/m0/s1. The molecule has 11 heteroatoms. The van der Waals surface area contributed by atoms with Crippen molar-refractivity contribution in [2.75, 3.05) is 10.8 Å². The summed E-state index contributed by atoms with van der Waals surface area (Å²) in [5.74, 6) is -0.966. The summed E-state index contributed by atoms with van der Waals surface area (Å²) in [5.41, 5.74) is 1.69. The van der Waals surface area contributed by atoms with Crippen molar-refractivity contribution in [3.63, 3.8) is 0 Å². The number of nitrogens with one attached hydrogen (secondary N) is 1. The Labute approximate surface area is 273 Å². The Morgan fingerprint density at radius 1 is 0.773 bits per heavy atom. The van der Waals surface area contributed by atoms with Crippen LogP contribution >= 0.6 is 34.8 Å². The van der Waals surface area contributed by atoms with Gasteiger partial charge in [0.2, 0.25) is 11.8 Å². The smallest absolute Gasteiger partial charge is 0.264 e. The predicted molar refractivity (Wildman–Crippen MR) is 177 cm³/mol. The lowest BCUT2D eigenvalue weighted by Gasteiger charge is -2.34. The van der Waals surface area contributed by atoms with Crippen LogP contribution in [0.4, 0.5) is 5.69 Å². The molecule has 0 radical (unpaired) electrons. The number of rotatable bonds is 12. The third kappa shape index (κ3) is 8.54. The first-order valence-electron chi connectivity index (χ1n) is 13.9. The molecule has 0 aliphatic heterocycles. The van der Waals surface area contributed by atoms with Gasteiger partial charge in [-0.3, -0.25) is 13.9 Å². The Bertz CT molecular complexity index is 1690. The molecule has 230 valence electrons. The predicted octanol–water partition coefficient (Wildman–Crippen LogP) is 7.01. The molecular weight excluding hydrogens is 641 g/mol. The third-order valence-corrected chi connectivity index (χ3v) is 9.54. The van der Waals surface area contributed by atoms with E-state index >= 15 is 0 Å². The van der Waals surface area contributed by atoms with Gasteiger partial charge in [0, 0.05) is 24.0 Å². The molecule has 0 aliphatic carbocycles. The second kappa shape index (κ2) is 14.9. The van der Waals surface area contributed by atoms with E-state index in [4.69, 9.17) is 34.8 Å². The lowest BCUT2D eigenvalue weighted by Crippen LogP contribution is -2.54. The van der Waals surface area contributed by atoms with Crippen molar-refractivity contribution < 1.29 is 18.0 Å². The molecule has 0 saturated heterocycles. The van der Waals surface area contributed by atoms with Crippen LogP contribution in [0.2, 0.25) is 15.1 Å². The number of benzene rings is 4. The van der Waals surface area contributed by atoms with Gasteiger partial charge in [0.05, 0.1) is 20.6 Å². The molecule has 7 nitrogen and oxygen atoms in total. The lowest BCUT2D eigenvalue weighted by atomic mass is 10.0. The van der Waals surface area contributed by atoms with Gasteiger partial charge in [0.25, 0.3) is 10.0 Å². The molecule has 4 rings (SSSR count). The zero-order chi connectivity index (χ0) is 31.9. The molecule has 1 atom stereocenters. The number of carbonyl (C=O) groups is 2. The van der Waals surface area contributed by atoms with Crippen molar-refractivity contribution in [2.45, 2.75) is 43.8 Å². The van der Waals surface area contributed by atoms with Gasteiger partial charge in [0.15, 0.2) is 0 Å². The van der Waals surface area contributed by atoms with Crippen molar-refractivity contribution in [2.24, 2.45) is 0 Å². The maximum absolute atomic E-state index is 14.4. The van der Waals surface area contributed by atoms with E-state index in [0.29, 0.717) is 15.6 Å². The second-order valence-electron chi connectivity index (χ2n) is 10.4. The van der Waals surface area contributed by atoms with Crippen LogP contribution in [-0.4, -0.2) is 43.8 Å². The third-order valence-electron chi connectivity index (χ3n) is 6.76. The highest BCUT2D eigenvalue weighted by molar-refractivity contribution is 7.92. The van der Waals surface area contributed by atoms with Crippen molar-refractivity contribution >= 4 is 62.3 Å². The van der Waals surface area contributed by atoms with Crippen LogP contribution in [0.25, 0.3) is 0 Å². The summed E-state index contributed by atoms with van der Waals surface area (Å²) in [6, 6.07) is 27.1. The molecular formula is C33H32Cl3N3O4S. The summed E-state index contributed by atoms with van der Waals surface area (Å²) in [5, 5.41) is 3.97. The molecule has 1 N–H and O–H groups in total. The fourth-order valence-electron chi connectivity index (χ4n) is 4.63. The number of amides is 2. The average Bonchev–Trinajstić information content (AvgIpc) is 3.00. The van der Waals surface area contributed by atoms with Crippen molar-refractivity contribution in [1.82, 2.24) is 10.2 Å². The number of sulfonamides is 1. The molecule has 0 fully saturated rings. The van der Waals surface area contributed by atoms with Gasteiger partial charge < -0.3 is 10.2 Å². The first kappa shape index (κ1) is 33.3. The zero-order valence-electron chi connectivity index (χ0n) is 24.2. The van der Waals surface area contributed by atoms with E-state index in [2.05, 4.69) is 5.32 Å². The molecule has 0 spiro atoms. The SMILES string of the molecule is CC(C)NC(=O)[C@H](Cc1ccccc1)N(Cc1ccc(Cl)c(Cl)c1)C(=O)CN(c1ccc(Cl)cc1)S(=O)(=O)c1ccccc1. The largest absolute Gasteiger partial charge is 0.352 e. The summed E-state index contributed by atoms with van der Waals surface area (Å²) >= 11 is 18.6. The van der Waals surface area contributed by atoms with Crippen molar-refractivity contribution in [3.8, 4) is 0 Å². The van der Waals surface area contributed by atoms with E-state index < -0.39 is 28.5 Å². The number of carbonyl (C=O) groups excluding carboxylic acids is 2. The molecule has 0 aliphatic rings. The number of nitrogens with zero attached hydrogens (tertiary/aromatic N) is 2. The number of halogens is 3. The Kier molecular flexibility index (Phi) is 11.3. The van der Waals surface area contributed by atoms with Gasteiger partial charge in [-0.15, -0.1) is 0 Å². The molecule has 0 aromatic heterocycles. The Balaban J connectivity index is 1.81. The van der Waals surface area contributed by atoms with Gasteiger partial charge in [-0.1, -0.05) is 89.4 Å². The monoisotopic (exact) mass is 671 g/mol. The van der Waals surface area contributed by atoms with Gasteiger partial charge in [-0.2, -0.15) is 0 Å². The van der Waals surface area contributed by atoms with E-state index in [0.717, 1.165) is 9.87 Å². The van der Waals surface area contributed by atoms with Crippen LogP contribution in [0, 0.1) is 0 Å². The Hall–Kier alpha value is -3.56. The van der Waals surface area contributed by atoms with Crippen molar-refractivity contribution in [1.29, 1.82) is 0 Å². The minimum Gasteiger partial charge on any atom is -0.352 e. The molecule has 0 unspecified atom stereocenters. The minimum atomic E-state index is -4.20. The van der Waals surface area contributed by atoms with Crippen LogP contribution in [0.5, 0.6) is 0 Å². The Morgan fingerprint density at radius 2 is 1.39 bits per heavy atom. The van der Waals surface area contributed by atoms with Crippen LogP contribution in [-0.2, 0) is 32.6 Å². The first-order valence-corrected chi connectivity index (χ1v) is 16.4. The fourth-order valence-corrected chi connectivity index (χ4v) is 6.51. The fraction of sp³-hybridized carbons (Fsp3) is 0.212. The molecule has 44 heavy (non-hydrogen) atoms. The second-order valence-corrected chi connectivity index (χ2v) is 13.6. The zero-order valence-corrected chi connectivity index (χ0v) is 27.2. The summed E-state index contributed by atoms with van der Waals surface area (Å²) < 4.78 is 29.0. The molecule has 0 heterocycles. The van der Waals surface area contributed by atoms with Gasteiger partial charge in [-0.25, -0.2) is 8.42 Å². The highest BCUT2D eigenvalue weighted by atomic mass is 35.5. The quantitative estimate of drug-likeness (QED) is 0.176. The van der Waals surface area contributed by atoms with E-state index in [1.54, 1.807) is 48.5 Å². The lowest BCUT2D eigenvalue weighted by molar-refractivity contribution is -0.140. The van der Waals surface area contributed by atoms with Gasteiger partial charge >= 0.3 is 0 Å². The number of hydrogen-bond acceptors (Lipinski definition) is 4. The topological polar surface area (TPSA) is 86.8 Å². The molecule has 2 amide bonds. The summed E-state index contributed by atoms with van der Waals surface area (Å²) in [4.78, 5) is 29.5. The summed E-state index contributed by atoms with van der Waals surface area (Å²) in [6.07, 6.45) is 0.193. The molecule has 4 aromatic carbocycles. The van der Waals surface area contributed by atoms with Crippen LogP contribution in [0.15, 0.2) is 108 Å². The van der Waals surface area contributed by atoms with Gasteiger partial charge in [-0.05, 0) is 73.5 Å². The van der Waals surface area contributed by atoms with Crippen LogP contribution in [0.1, 0.15) is 25.0 Å². The highest BCUT2D eigenvalue weighted by Crippen LogP contribution is 2.27. The normalized spacial score (nSPS) is 12.0. The summed E-state index contributed by atoms with van der Waals surface area (Å²) in [6.45, 7) is 3.05. The van der Waals surface area contributed by atoms with E-state index in [-0.39, 0.29) is 40.5 Å². The number of anilines is 1. The van der Waals surface area contributed by atoms with Gasteiger partial charge in [0.1, 0.15) is 12.6 Å². The van der Waals surface area contributed by atoms with Crippen molar-refractivity contribution in [3.05, 3.63) is 129 Å². The molecule has 0 saturated carbocycles. The number of hydrogen-bond donors (Lipinski definition) is 1. The average molecular weight is 673 g/mol. The minimum absolute atomic E-state index is 0.0113. The van der Waals surface area contributed by atoms with E-state index in [9.17, 15) is 18.0 Å².